The van der Waals surface area contributed by atoms with Crippen LogP contribution in [0.3, 0.4) is 0 Å². The monoisotopic (exact) mass is 820 g/mol. The van der Waals surface area contributed by atoms with Gasteiger partial charge in [-0.2, -0.15) is 5.10 Å². The summed E-state index contributed by atoms with van der Waals surface area (Å²) >= 11 is 6.56. The minimum absolute atomic E-state index is 0.0292. The van der Waals surface area contributed by atoms with Gasteiger partial charge < -0.3 is 34.2 Å². The molecule has 0 saturated carbocycles. The molecule has 2 N–H and O–H groups in total. The van der Waals surface area contributed by atoms with Crippen molar-refractivity contribution in [3.8, 4) is 22.4 Å². The summed E-state index contributed by atoms with van der Waals surface area (Å²) < 4.78 is 40.6. The zero-order valence-electron chi connectivity index (χ0n) is 33.2. The molecular weight excluding hydrogens is 772 g/mol. The Bertz CT molecular complexity index is 2220. The molecule has 3 saturated heterocycles. The van der Waals surface area contributed by atoms with Gasteiger partial charge in [0.2, 0.25) is 11.8 Å². The van der Waals surface area contributed by atoms with Gasteiger partial charge in [-0.3, -0.25) is 23.9 Å². The number of halogens is 3. The molecule has 4 amide bonds. The number of likely N-dealkylation sites (tertiary alicyclic amines) is 1. The number of rotatable bonds is 9. The van der Waals surface area contributed by atoms with E-state index >= 15 is 8.78 Å². The third-order valence-electron chi connectivity index (χ3n) is 11.4. The topological polar surface area (TPSA) is 144 Å². The zero-order chi connectivity index (χ0) is 41.3. The van der Waals surface area contributed by atoms with Crippen LogP contribution >= 0.6 is 11.6 Å². The minimum Gasteiger partial charge on any atom is -0.359 e. The van der Waals surface area contributed by atoms with Crippen molar-refractivity contribution in [2.75, 3.05) is 65.3 Å². The molecule has 14 nitrogen and oxygen atoms in total. The molecule has 3 fully saturated rings. The van der Waals surface area contributed by atoms with Crippen LogP contribution in [0.1, 0.15) is 58.8 Å². The lowest BCUT2D eigenvalue weighted by Crippen LogP contribution is -2.54. The number of ether oxygens (including phenoxy) is 1. The second kappa shape index (κ2) is 17.0. The molecule has 0 radical (unpaired) electrons. The number of hydrogen-bond donors (Lipinski definition) is 2. The molecule has 1 atom stereocenters. The first kappa shape index (κ1) is 41.0. The van der Waals surface area contributed by atoms with E-state index < -0.39 is 17.5 Å². The van der Waals surface area contributed by atoms with Crippen molar-refractivity contribution in [2.24, 2.45) is 13.0 Å². The first-order valence-corrected chi connectivity index (χ1v) is 20.0. The Balaban J connectivity index is 0.966. The predicted molar refractivity (Wildman–Crippen MR) is 213 cm³/mol. The Hall–Kier alpha value is -5.19. The Morgan fingerprint density at radius 1 is 0.931 bits per heavy atom. The van der Waals surface area contributed by atoms with Gasteiger partial charge in [0.1, 0.15) is 12.8 Å². The summed E-state index contributed by atoms with van der Waals surface area (Å²) in [5, 5.41) is 10.0. The van der Waals surface area contributed by atoms with Gasteiger partial charge >= 0.3 is 0 Å². The summed E-state index contributed by atoms with van der Waals surface area (Å²) in [6.45, 7) is 5.77. The van der Waals surface area contributed by atoms with Crippen LogP contribution < -0.4 is 10.6 Å². The van der Waals surface area contributed by atoms with Crippen molar-refractivity contribution in [3.63, 3.8) is 0 Å². The molecule has 1 unspecified atom stereocenters. The van der Waals surface area contributed by atoms with Gasteiger partial charge in [-0.25, -0.2) is 13.8 Å². The average molecular weight is 821 g/mol. The maximum absolute atomic E-state index is 15.7. The minimum atomic E-state index is -1.14. The number of benzene rings is 2. The lowest BCUT2D eigenvalue weighted by atomic mass is 9.94. The van der Waals surface area contributed by atoms with Gasteiger partial charge in [-0.1, -0.05) is 17.7 Å². The lowest BCUT2D eigenvalue weighted by Gasteiger charge is -2.40. The molecule has 3 aliphatic rings. The average Bonchev–Trinajstić information content (AvgIpc) is 3.76. The first-order valence-electron chi connectivity index (χ1n) is 19.7. The van der Waals surface area contributed by atoms with Crippen LogP contribution in [0.2, 0.25) is 5.02 Å². The number of nitrogens with one attached hydrogen (secondary N) is 2. The summed E-state index contributed by atoms with van der Waals surface area (Å²) in [7, 11) is 5.88. The van der Waals surface area contributed by atoms with Crippen molar-refractivity contribution in [2.45, 2.75) is 51.8 Å². The number of quaternary nitrogens is 1. The second-order valence-electron chi connectivity index (χ2n) is 16.0. The van der Waals surface area contributed by atoms with Crippen LogP contribution in [-0.2, 0) is 27.9 Å². The van der Waals surface area contributed by atoms with Crippen molar-refractivity contribution >= 4 is 40.9 Å². The van der Waals surface area contributed by atoms with Crippen LogP contribution in [-0.4, -0.2) is 123 Å². The highest BCUT2D eigenvalue weighted by atomic mass is 35.5. The Morgan fingerprint density at radius 2 is 1.62 bits per heavy atom. The molecule has 58 heavy (non-hydrogen) atoms. The fourth-order valence-corrected chi connectivity index (χ4v) is 8.20. The van der Waals surface area contributed by atoms with E-state index in [1.165, 1.54) is 53.0 Å². The first-order chi connectivity index (χ1) is 27.7. The molecular formula is C41H49ClF2N9O5+. The molecule has 2 aromatic carbocycles. The Kier molecular flexibility index (Phi) is 12.0. The van der Waals surface area contributed by atoms with Crippen LogP contribution in [0, 0.1) is 24.5 Å². The predicted octanol–water partition coefficient (Wildman–Crippen LogP) is 4.86. The molecule has 0 aliphatic carbocycles. The van der Waals surface area contributed by atoms with E-state index in [-0.39, 0.29) is 69.6 Å². The maximum Gasteiger partial charge on any atom is 0.291 e. The molecule has 0 spiro atoms. The van der Waals surface area contributed by atoms with E-state index in [0.29, 0.717) is 49.7 Å². The molecule has 5 heterocycles. The standard InChI is InChI=1S/C41H48ClF2N9O5/c1-25-31(23-52(48-25)24-34(54)47-35-7-5-6-20-58-35)28-10-11-30(37(44)36(28)43)33-22-45-38(49(33)2)39(55)46-27-8-9-29(32(42)21-27)41(57)51-16-14-50(15-17-51)40(56)26-12-18-53(3,4)19-13-26/h8-11,21-23,26,35H,5-7,12-20,24H2,1-4H3,(H-,46,47,54,55,57)/p+1. The van der Waals surface area contributed by atoms with Crippen LogP contribution in [0.5, 0.6) is 0 Å². The third kappa shape index (κ3) is 8.78. The number of piperidine rings is 1. The summed E-state index contributed by atoms with van der Waals surface area (Å²) in [6, 6.07) is 7.39. The zero-order valence-corrected chi connectivity index (χ0v) is 34.0. The highest BCUT2D eigenvalue weighted by molar-refractivity contribution is 6.34. The number of carbonyl (C=O) groups is 4. The smallest absolute Gasteiger partial charge is 0.291 e. The number of imidazole rings is 1. The van der Waals surface area contributed by atoms with Crippen molar-refractivity contribution < 1.29 is 37.2 Å². The fraction of sp³-hybridized carbons (Fsp3) is 0.463. The molecule has 17 heteroatoms. The molecule has 3 aliphatic heterocycles. The lowest BCUT2D eigenvalue weighted by molar-refractivity contribution is -0.895. The van der Waals surface area contributed by atoms with Crippen molar-refractivity contribution in [3.05, 3.63) is 76.5 Å². The Labute approximate surface area is 340 Å². The summed E-state index contributed by atoms with van der Waals surface area (Å²) in [4.78, 5) is 60.2. The largest absolute Gasteiger partial charge is 0.359 e. The SMILES string of the molecule is Cc1nn(CC(=O)NC2CCCCO2)cc1-c1ccc(-c2cnc(C(=O)Nc3ccc(C(=O)N4CCN(C(=O)C5CC[N+](C)(C)CC5)CC4)c(Cl)c3)n2C)c(F)c1F. The number of hydrogen-bond acceptors (Lipinski definition) is 7. The highest BCUT2D eigenvalue weighted by Gasteiger charge is 2.35. The number of nitrogens with zero attached hydrogens (tertiary/aromatic N) is 7. The van der Waals surface area contributed by atoms with E-state index in [4.69, 9.17) is 16.3 Å². The number of piperazine rings is 1. The fourth-order valence-electron chi connectivity index (χ4n) is 7.94. The van der Waals surface area contributed by atoms with Gasteiger partial charge in [0.25, 0.3) is 11.8 Å². The van der Waals surface area contributed by atoms with Crippen molar-refractivity contribution in [1.29, 1.82) is 0 Å². The molecule has 0 bridgehead atoms. The number of aryl methyl sites for hydroxylation is 1. The van der Waals surface area contributed by atoms with Gasteiger partial charge in [0.05, 0.1) is 55.4 Å². The van der Waals surface area contributed by atoms with Gasteiger partial charge in [0.15, 0.2) is 17.5 Å². The van der Waals surface area contributed by atoms with E-state index in [0.717, 1.165) is 49.7 Å². The van der Waals surface area contributed by atoms with Gasteiger partial charge in [0, 0.05) is 87.2 Å². The number of aromatic nitrogens is 4. The number of amides is 4. The van der Waals surface area contributed by atoms with Crippen molar-refractivity contribution in [1.82, 2.24) is 34.4 Å². The summed E-state index contributed by atoms with van der Waals surface area (Å²) in [6.07, 6.45) is 6.80. The summed E-state index contributed by atoms with van der Waals surface area (Å²) in [5.41, 5.74) is 1.33. The molecule has 7 rings (SSSR count). The van der Waals surface area contributed by atoms with E-state index in [1.807, 2.05) is 4.90 Å². The van der Waals surface area contributed by atoms with Crippen LogP contribution in [0.15, 0.2) is 42.7 Å². The van der Waals surface area contributed by atoms with E-state index in [1.54, 1.807) is 17.9 Å². The normalized spacial score (nSPS) is 18.6. The highest BCUT2D eigenvalue weighted by Crippen LogP contribution is 2.33. The summed E-state index contributed by atoms with van der Waals surface area (Å²) in [5.74, 6) is -3.34. The van der Waals surface area contributed by atoms with Crippen LogP contribution in [0.4, 0.5) is 14.5 Å². The Morgan fingerprint density at radius 3 is 2.31 bits per heavy atom. The second-order valence-corrected chi connectivity index (χ2v) is 16.4. The number of carbonyl (C=O) groups excluding carboxylic acids is 4. The quantitative estimate of drug-likeness (QED) is 0.230. The van der Waals surface area contributed by atoms with Gasteiger partial charge in [-0.15, -0.1) is 0 Å². The molecule has 308 valence electrons. The van der Waals surface area contributed by atoms with E-state index in [9.17, 15) is 19.2 Å². The van der Waals surface area contributed by atoms with Gasteiger partial charge in [-0.05, 0) is 50.5 Å². The third-order valence-corrected chi connectivity index (χ3v) is 11.8. The molecule has 4 aromatic rings. The maximum atomic E-state index is 15.7. The van der Waals surface area contributed by atoms with E-state index in [2.05, 4.69) is 34.8 Å². The number of anilines is 1. The van der Waals surface area contributed by atoms with Crippen LogP contribution in [0.25, 0.3) is 22.4 Å². The molecule has 2 aromatic heterocycles.